The fourth-order valence-electron chi connectivity index (χ4n) is 5.49. The number of para-hydroxylation sites is 1. The monoisotopic (exact) mass is 538 g/mol. The number of fused-ring (bicyclic) bond motifs is 1. The predicted octanol–water partition coefficient (Wildman–Crippen LogP) is 5.66. The number of aromatic nitrogens is 1. The molecule has 7 nitrogen and oxygen atoms in total. The van der Waals surface area contributed by atoms with Gasteiger partial charge < -0.3 is 24.6 Å². The van der Waals surface area contributed by atoms with Crippen LogP contribution in [0.15, 0.2) is 59.6 Å². The van der Waals surface area contributed by atoms with Crippen molar-refractivity contribution in [3.05, 3.63) is 60.3 Å². The van der Waals surface area contributed by atoms with Crippen LogP contribution in [0.1, 0.15) is 43.8 Å². The number of aliphatic hydroxyl groups excluding tert-OH is 1. The minimum Gasteiger partial charge on any atom is -0.497 e. The second kappa shape index (κ2) is 13.8. The van der Waals surface area contributed by atoms with E-state index >= 15 is 0 Å². The van der Waals surface area contributed by atoms with Crippen LogP contribution < -0.4 is 9.47 Å². The molecular formula is C30H38N2O5S. The summed E-state index contributed by atoms with van der Waals surface area (Å²) in [6, 6.07) is 15.6. The highest BCUT2D eigenvalue weighted by molar-refractivity contribution is 7.99. The lowest BCUT2D eigenvalue weighted by Gasteiger charge is -2.38. The quantitative estimate of drug-likeness (QED) is 0.213. The summed E-state index contributed by atoms with van der Waals surface area (Å²) in [5.41, 5.74) is 1.66. The van der Waals surface area contributed by atoms with Gasteiger partial charge in [-0.1, -0.05) is 12.1 Å². The van der Waals surface area contributed by atoms with Gasteiger partial charge in [-0.15, -0.1) is 11.8 Å². The molecule has 2 N–H and O–H groups in total. The molecular weight excluding hydrogens is 500 g/mol. The molecule has 204 valence electrons. The zero-order valence-electron chi connectivity index (χ0n) is 22.2. The van der Waals surface area contributed by atoms with Gasteiger partial charge in [0.25, 0.3) is 0 Å². The minimum atomic E-state index is -0.749. The Balaban J connectivity index is 1.31. The number of carboxylic acid groups (broad SMARTS) is 1. The summed E-state index contributed by atoms with van der Waals surface area (Å²) in [5, 5.41) is 21.6. The van der Waals surface area contributed by atoms with Gasteiger partial charge in [0.1, 0.15) is 11.5 Å². The SMILES string of the molecule is COc1ccc2nccc(C(O)CC[C@@H]3CCN(CCCSc4ccccc4OC)C[C@@H]3CC(=O)O)c2c1. The molecule has 2 heterocycles. The maximum atomic E-state index is 11.7. The normalized spacial score (nSPS) is 18.8. The summed E-state index contributed by atoms with van der Waals surface area (Å²) in [4.78, 5) is 19.6. The molecule has 38 heavy (non-hydrogen) atoms. The number of hydrogen-bond donors (Lipinski definition) is 2. The number of rotatable bonds is 13. The van der Waals surface area contributed by atoms with Crippen LogP contribution in [0.4, 0.5) is 0 Å². The average molecular weight is 539 g/mol. The second-order valence-electron chi connectivity index (χ2n) is 9.94. The topological polar surface area (TPSA) is 92.1 Å². The first-order valence-electron chi connectivity index (χ1n) is 13.3. The van der Waals surface area contributed by atoms with Crippen LogP contribution in [0.3, 0.4) is 0 Å². The Hall–Kier alpha value is -2.81. The first-order chi connectivity index (χ1) is 18.5. The Bertz CT molecular complexity index is 1210. The van der Waals surface area contributed by atoms with Crippen molar-refractivity contribution in [1.29, 1.82) is 0 Å². The molecule has 0 saturated carbocycles. The van der Waals surface area contributed by atoms with Gasteiger partial charge in [0, 0.05) is 29.4 Å². The van der Waals surface area contributed by atoms with E-state index in [4.69, 9.17) is 9.47 Å². The predicted molar refractivity (Wildman–Crippen MR) is 151 cm³/mol. The lowest BCUT2D eigenvalue weighted by atomic mass is 9.79. The van der Waals surface area contributed by atoms with Crippen LogP contribution in [0.5, 0.6) is 11.5 Å². The van der Waals surface area contributed by atoms with Crippen LogP contribution >= 0.6 is 11.8 Å². The molecule has 3 aromatic rings. The number of hydrogen-bond acceptors (Lipinski definition) is 7. The lowest BCUT2D eigenvalue weighted by molar-refractivity contribution is -0.139. The number of carboxylic acids is 1. The Morgan fingerprint density at radius 1 is 1.16 bits per heavy atom. The molecule has 0 bridgehead atoms. The molecule has 3 atom stereocenters. The van der Waals surface area contributed by atoms with Crippen molar-refractivity contribution in [1.82, 2.24) is 9.88 Å². The molecule has 1 unspecified atom stereocenters. The van der Waals surface area contributed by atoms with Gasteiger partial charge in [-0.3, -0.25) is 9.78 Å². The maximum Gasteiger partial charge on any atom is 0.303 e. The number of pyridine rings is 1. The molecule has 0 radical (unpaired) electrons. The number of carbonyl (C=O) groups is 1. The van der Waals surface area contributed by atoms with E-state index in [0.717, 1.165) is 77.5 Å². The van der Waals surface area contributed by atoms with E-state index in [2.05, 4.69) is 16.0 Å². The van der Waals surface area contributed by atoms with Crippen LogP contribution in [0.2, 0.25) is 0 Å². The number of benzene rings is 2. The lowest BCUT2D eigenvalue weighted by Crippen LogP contribution is -2.42. The highest BCUT2D eigenvalue weighted by atomic mass is 32.2. The third-order valence-corrected chi connectivity index (χ3v) is 8.65. The van der Waals surface area contributed by atoms with E-state index < -0.39 is 12.1 Å². The van der Waals surface area contributed by atoms with Gasteiger partial charge in [0.15, 0.2) is 0 Å². The molecule has 1 aliphatic rings. The van der Waals surface area contributed by atoms with Crippen molar-refractivity contribution in [3.63, 3.8) is 0 Å². The maximum absolute atomic E-state index is 11.7. The number of likely N-dealkylation sites (tertiary alicyclic amines) is 1. The second-order valence-corrected chi connectivity index (χ2v) is 11.1. The van der Waals surface area contributed by atoms with Crippen molar-refractivity contribution in [2.24, 2.45) is 11.8 Å². The highest BCUT2D eigenvalue weighted by Crippen LogP contribution is 2.35. The van der Waals surface area contributed by atoms with Gasteiger partial charge in [-0.05, 0) is 98.3 Å². The van der Waals surface area contributed by atoms with E-state index in [1.54, 1.807) is 32.2 Å². The number of piperidine rings is 1. The molecule has 0 amide bonds. The Morgan fingerprint density at radius 2 is 2.00 bits per heavy atom. The van der Waals surface area contributed by atoms with Crippen LogP contribution in [-0.4, -0.2) is 65.7 Å². The summed E-state index contributed by atoms with van der Waals surface area (Å²) in [7, 11) is 3.32. The Kier molecular flexibility index (Phi) is 10.3. The smallest absolute Gasteiger partial charge is 0.303 e. The van der Waals surface area contributed by atoms with E-state index in [1.165, 1.54) is 0 Å². The van der Waals surface area contributed by atoms with Crippen molar-refractivity contribution >= 4 is 28.6 Å². The largest absolute Gasteiger partial charge is 0.497 e. The Labute approximate surface area is 229 Å². The number of methoxy groups -OCH3 is 2. The molecule has 1 aromatic heterocycles. The van der Waals surface area contributed by atoms with Crippen molar-refractivity contribution < 1.29 is 24.5 Å². The fraction of sp³-hybridized carbons (Fsp3) is 0.467. The van der Waals surface area contributed by atoms with E-state index in [1.807, 2.05) is 42.5 Å². The minimum absolute atomic E-state index is 0.0876. The first-order valence-corrected chi connectivity index (χ1v) is 14.3. The zero-order chi connectivity index (χ0) is 26.9. The number of aliphatic carboxylic acids is 1. The summed E-state index contributed by atoms with van der Waals surface area (Å²) < 4.78 is 10.8. The summed E-state index contributed by atoms with van der Waals surface area (Å²) >= 11 is 1.80. The number of ether oxygens (including phenoxy) is 2. The van der Waals surface area contributed by atoms with E-state index in [0.29, 0.717) is 6.42 Å². The van der Waals surface area contributed by atoms with Crippen LogP contribution in [0.25, 0.3) is 10.9 Å². The first kappa shape index (κ1) is 28.2. The van der Waals surface area contributed by atoms with Crippen LogP contribution in [-0.2, 0) is 4.79 Å². The van der Waals surface area contributed by atoms with E-state index in [-0.39, 0.29) is 18.3 Å². The zero-order valence-corrected chi connectivity index (χ0v) is 23.0. The number of nitrogens with zero attached hydrogens (tertiary/aromatic N) is 2. The molecule has 0 aliphatic carbocycles. The Morgan fingerprint density at radius 3 is 2.79 bits per heavy atom. The van der Waals surface area contributed by atoms with Crippen molar-refractivity contribution in [2.75, 3.05) is 39.6 Å². The number of aliphatic hydroxyl groups is 1. The van der Waals surface area contributed by atoms with Crippen molar-refractivity contribution in [3.8, 4) is 11.5 Å². The molecule has 2 aromatic carbocycles. The summed E-state index contributed by atoms with van der Waals surface area (Å²) in [5.74, 6) is 2.24. The van der Waals surface area contributed by atoms with Gasteiger partial charge in [0.2, 0.25) is 0 Å². The fourth-order valence-corrected chi connectivity index (χ4v) is 6.46. The third-order valence-electron chi connectivity index (χ3n) is 7.51. The molecule has 1 fully saturated rings. The standard InChI is InChI=1S/C30H38N2O5S/c1-36-23-9-10-26-25(19-23)24(12-14-31-26)27(33)11-8-21-13-16-32(20-22(21)18-30(34)35)15-5-17-38-29-7-4-3-6-28(29)37-2/h3-4,6-7,9-10,12,14,19,21-22,27,33H,5,8,11,13,15-18,20H2,1-2H3,(H,34,35)/t21-,22+,27?/m1/s1. The van der Waals surface area contributed by atoms with Gasteiger partial charge in [0.05, 0.1) is 25.8 Å². The van der Waals surface area contributed by atoms with Gasteiger partial charge >= 0.3 is 5.97 Å². The number of thioether (sulfide) groups is 1. The summed E-state index contributed by atoms with van der Waals surface area (Å²) in [6.45, 7) is 2.71. The van der Waals surface area contributed by atoms with E-state index in [9.17, 15) is 15.0 Å². The molecule has 1 aliphatic heterocycles. The molecule has 8 heteroatoms. The molecule has 0 spiro atoms. The average Bonchev–Trinajstić information content (AvgIpc) is 2.94. The van der Waals surface area contributed by atoms with Gasteiger partial charge in [-0.25, -0.2) is 0 Å². The molecule has 1 saturated heterocycles. The summed E-state index contributed by atoms with van der Waals surface area (Å²) in [6.07, 6.45) is 4.63. The highest BCUT2D eigenvalue weighted by Gasteiger charge is 2.31. The van der Waals surface area contributed by atoms with Crippen molar-refractivity contribution in [2.45, 2.75) is 43.1 Å². The van der Waals surface area contributed by atoms with Crippen LogP contribution in [0, 0.1) is 11.8 Å². The molecule has 4 rings (SSSR count). The third kappa shape index (κ3) is 7.40. The van der Waals surface area contributed by atoms with Gasteiger partial charge in [-0.2, -0.15) is 0 Å².